The zero-order valence-corrected chi connectivity index (χ0v) is 38.6. The molecular formula is C43H48Cl6N4O7. The van der Waals surface area contributed by atoms with Crippen LogP contribution in [-0.2, 0) is 32.0 Å². The van der Waals surface area contributed by atoms with Crippen molar-refractivity contribution >= 4 is 93.1 Å². The summed E-state index contributed by atoms with van der Waals surface area (Å²) < 4.78 is 20.9. The first kappa shape index (κ1) is 46.3. The van der Waals surface area contributed by atoms with E-state index in [2.05, 4.69) is 4.98 Å². The average molecular weight is 946 g/mol. The standard InChI is InChI=1S/C43H48Cl6N4O7/c1-25-17-34(45)39(35(46)18-25)59-16-15-58-37-13-9-28(21-50-37)32-20-31-23-51(26(2)54)24-36(53(31)41(56)60-42(3,4)43(47,48)49)38(32)40(55)52(30-10-11-30)22-29-19-27(7-6-14-57-5)8-12-33(29)44/h8-9,12-13,17-19,21,30-31,36H,6-7,10-11,14-16,20,22-24H2,1-5H3. The van der Waals surface area contributed by atoms with Gasteiger partial charge in [0.1, 0.15) is 13.2 Å². The van der Waals surface area contributed by atoms with Crippen molar-refractivity contribution in [2.24, 2.45) is 0 Å². The molecule has 3 amide bonds. The molecule has 2 bridgehead atoms. The number of hydrogen-bond donors (Lipinski definition) is 0. The molecule has 3 aromatic rings. The van der Waals surface area contributed by atoms with Crippen LogP contribution in [0.1, 0.15) is 68.7 Å². The number of fused-ring (bicyclic) bond motifs is 2. The first-order valence-electron chi connectivity index (χ1n) is 19.7. The van der Waals surface area contributed by atoms with Crippen molar-refractivity contribution in [1.82, 2.24) is 19.7 Å². The SMILES string of the molecule is COCCCc1ccc(Cl)c(CN(C(=O)C2=C(c3ccc(OCCOc4c(Cl)cc(C)cc4Cl)nc3)CC3CN(C(C)=O)CC2N3C(=O)OC(C)(C)C(Cl)(Cl)Cl)C2CC2)c1. The second-order valence-corrected chi connectivity index (χ2v) is 19.3. The van der Waals surface area contributed by atoms with Crippen molar-refractivity contribution in [2.45, 2.75) is 93.9 Å². The lowest BCUT2D eigenvalue weighted by molar-refractivity contribution is -0.136. The number of amides is 3. The van der Waals surface area contributed by atoms with Crippen LogP contribution in [-0.4, -0.2) is 105 Å². The van der Waals surface area contributed by atoms with E-state index in [0.717, 1.165) is 42.4 Å². The topological polar surface area (TPSA) is 111 Å². The van der Waals surface area contributed by atoms with E-state index >= 15 is 4.79 Å². The minimum Gasteiger partial charge on any atom is -0.487 e. The Balaban J connectivity index is 1.35. The number of piperazine rings is 1. The fraction of sp³-hybridized carbons (Fsp3) is 0.488. The second-order valence-electron chi connectivity index (χ2n) is 15.8. The lowest BCUT2D eigenvalue weighted by Gasteiger charge is -2.51. The van der Waals surface area contributed by atoms with Gasteiger partial charge in [-0.05, 0) is 105 Å². The summed E-state index contributed by atoms with van der Waals surface area (Å²) in [5, 5.41) is 1.34. The molecule has 11 nitrogen and oxygen atoms in total. The van der Waals surface area contributed by atoms with E-state index in [-0.39, 0.29) is 57.1 Å². The number of ether oxygens (including phenoxy) is 4. The molecule has 2 atom stereocenters. The van der Waals surface area contributed by atoms with Crippen LogP contribution in [0.5, 0.6) is 11.6 Å². The minimum absolute atomic E-state index is 0.0393. The summed E-state index contributed by atoms with van der Waals surface area (Å²) in [6.45, 7) is 7.76. The molecule has 1 aromatic heterocycles. The highest BCUT2D eigenvalue weighted by Gasteiger charge is 2.52. The maximum atomic E-state index is 15.4. The Hall–Kier alpha value is -3.16. The molecule has 17 heteroatoms. The summed E-state index contributed by atoms with van der Waals surface area (Å²) >= 11 is 38.2. The first-order valence-corrected chi connectivity index (χ1v) is 22.0. The van der Waals surface area contributed by atoms with Gasteiger partial charge in [-0.15, -0.1) is 0 Å². The number of hydrogen-bond acceptors (Lipinski definition) is 8. The van der Waals surface area contributed by atoms with E-state index in [9.17, 15) is 9.59 Å². The number of alkyl halides is 3. The predicted molar refractivity (Wildman–Crippen MR) is 236 cm³/mol. The lowest BCUT2D eigenvalue weighted by atomic mass is 9.81. The molecule has 2 aliphatic heterocycles. The number of methoxy groups -OCH3 is 1. The summed E-state index contributed by atoms with van der Waals surface area (Å²) in [5.74, 6) is 0.225. The van der Waals surface area contributed by atoms with E-state index < -0.39 is 27.6 Å². The first-order chi connectivity index (χ1) is 28.4. The second kappa shape index (κ2) is 19.5. The molecule has 3 heterocycles. The van der Waals surface area contributed by atoms with Crippen LogP contribution in [0.2, 0.25) is 15.1 Å². The van der Waals surface area contributed by atoms with E-state index in [1.165, 1.54) is 25.7 Å². The third kappa shape index (κ3) is 10.9. The number of carbonyl (C=O) groups is 3. The Bertz CT molecular complexity index is 2080. The smallest absolute Gasteiger partial charge is 0.411 e. The zero-order chi connectivity index (χ0) is 43.5. The van der Waals surface area contributed by atoms with Gasteiger partial charge in [0.2, 0.25) is 15.6 Å². The molecule has 2 unspecified atom stereocenters. The molecular weight excluding hydrogens is 897 g/mol. The Morgan fingerprint density at radius 2 is 1.62 bits per heavy atom. The molecule has 324 valence electrons. The van der Waals surface area contributed by atoms with Crippen LogP contribution in [0.15, 0.2) is 54.2 Å². The van der Waals surface area contributed by atoms with Crippen LogP contribution < -0.4 is 9.47 Å². The van der Waals surface area contributed by atoms with E-state index in [0.29, 0.717) is 50.0 Å². The normalized spacial score (nSPS) is 18.1. The summed E-state index contributed by atoms with van der Waals surface area (Å²) in [6.07, 6.45) is 4.30. The van der Waals surface area contributed by atoms with Gasteiger partial charge in [0.25, 0.3) is 5.91 Å². The molecule has 60 heavy (non-hydrogen) atoms. The number of aromatic nitrogens is 1. The molecule has 2 aromatic carbocycles. The Labute approximate surface area is 381 Å². The van der Waals surface area contributed by atoms with Crippen LogP contribution in [0.4, 0.5) is 4.79 Å². The van der Waals surface area contributed by atoms with E-state index in [1.54, 1.807) is 36.4 Å². The number of nitrogens with zero attached hydrogens (tertiary/aromatic N) is 4. The molecule has 0 N–H and O–H groups in total. The Kier molecular flexibility index (Phi) is 15.0. The van der Waals surface area contributed by atoms with E-state index in [4.69, 9.17) is 88.6 Å². The molecule has 2 fully saturated rings. The van der Waals surface area contributed by atoms with Gasteiger partial charge in [-0.3, -0.25) is 14.5 Å². The molecule has 1 saturated carbocycles. The summed E-state index contributed by atoms with van der Waals surface area (Å²) in [6, 6.07) is 11.4. The molecule has 3 aliphatic rings. The van der Waals surface area contributed by atoms with Crippen LogP contribution in [0.25, 0.3) is 5.57 Å². The molecule has 0 spiro atoms. The van der Waals surface area contributed by atoms with E-state index in [1.807, 2.05) is 36.1 Å². The van der Waals surface area contributed by atoms with Gasteiger partial charge < -0.3 is 28.7 Å². The molecule has 6 rings (SSSR count). The zero-order valence-electron chi connectivity index (χ0n) is 34.0. The highest BCUT2D eigenvalue weighted by molar-refractivity contribution is 6.68. The summed E-state index contributed by atoms with van der Waals surface area (Å²) in [5.41, 5.74) is 2.95. The fourth-order valence-electron chi connectivity index (χ4n) is 7.49. The van der Waals surface area contributed by atoms with Gasteiger partial charge in [-0.25, -0.2) is 9.78 Å². The summed E-state index contributed by atoms with van der Waals surface area (Å²) in [4.78, 5) is 52.2. The lowest BCUT2D eigenvalue weighted by Crippen LogP contribution is -2.66. The maximum Gasteiger partial charge on any atom is 0.411 e. The van der Waals surface area contributed by atoms with Crippen molar-refractivity contribution in [2.75, 3.05) is 40.0 Å². The maximum absolute atomic E-state index is 15.4. The quantitative estimate of drug-likeness (QED) is 0.109. The van der Waals surface area contributed by atoms with Crippen LogP contribution in [0.3, 0.4) is 0 Å². The predicted octanol–water partition coefficient (Wildman–Crippen LogP) is 9.92. The van der Waals surface area contributed by atoms with Gasteiger partial charge >= 0.3 is 6.09 Å². The number of halogens is 6. The third-order valence-corrected chi connectivity index (χ3v) is 13.2. The van der Waals surface area contributed by atoms with Gasteiger partial charge in [-0.1, -0.05) is 81.7 Å². The number of carbonyl (C=O) groups excluding carboxylic acids is 3. The van der Waals surface area contributed by atoms with Crippen molar-refractivity contribution in [3.63, 3.8) is 0 Å². The molecule has 1 saturated heterocycles. The minimum atomic E-state index is -1.96. The average Bonchev–Trinajstić information content (AvgIpc) is 4.02. The highest BCUT2D eigenvalue weighted by Crippen LogP contribution is 2.45. The molecule has 0 radical (unpaired) electrons. The van der Waals surface area contributed by atoms with Gasteiger partial charge in [0.15, 0.2) is 11.4 Å². The highest BCUT2D eigenvalue weighted by atomic mass is 35.6. The van der Waals surface area contributed by atoms with Crippen molar-refractivity contribution in [3.05, 3.63) is 91.6 Å². The Morgan fingerprint density at radius 3 is 2.23 bits per heavy atom. The van der Waals surface area contributed by atoms with Crippen LogP contribution in [0, 0.1) is 6.92 Å². The number of aryl methyl sites for hydroxylation is 2. The Morgan fingerprint density at radius 1 is 0.917 bits per heavy atom. The van der Waals surface area contributed by atoms with Crippen molar-refractivity contribution in [1.29, 1.82) is 0 Å². The van der Waals surface area contributed by atoms with Gasteiger partial charge in [0, 0.05) is 69.2 Å². The van der Waals surface area contributed by atoms with Crippen molar-refractivity contribution < 1.29 is 33.3 Å². The van der Waals surface area contributed by atoms with Gasteiger partial charge in [0.05, 0.1) is 22.1 Å². The van der Waals surface area contributed by atoms with Crippen molar-refractivity contribution in [3.8, 4) is 11.6 Å². The largest absolute Gasteiger partial charge is 0.487 e. The number of benzene rings is 2. The molecule has 1 aliphatic carbocycles. The monoisotopic (exact) mass is 942 g/mol. The fourth-order valence-corrected chi connectivity index (χ4v) is 8.49. The number of pyridine rings is 1. The van der Waals surface area contributed by atoms with Gasteiger partial charge in [-0.2, -0.15) is 0 Å². The van der Waals surface area contributed by atoms with Crippen LogP contribution >= 0.6 is 69.6 Å². The number of rotatable bonds is 15. The third-order valence-electron chi connectivity index (χ3n) is 10.9. The summed E-state index contributed by atoms with van der Waals surface area (Å²) in [7, 11) is 1.67.